The predicted molar refractivity (Wildman–Crippen MR) is 124 cm³/mol. The lowest BCUT2D eigenvalue weighted by molar-refractivity contribution is -0.113. The number of aryl methyl sites for hydroxylation is 1. The van der Waals surface area contributed by atoms with Gasteiger partial charge in [-0.25, -0.2) is 4.79 Å². The maximum Gasteiger partial charge on any atom is 0.341 e. The Hall–Kier alpha value is -2.17. The van der Waals surface area contributed by atoms with Crippen LogP contribution in [0.2, 0.25) is 0 Å². The summed E-state index contributed by atoms with van der Waals surface area (Å²) in [5, 5.41) is 11.8. The standard InChI is InChI=1S/C21H20BrN3O4S2/c1-2-28-20(27)17-14-8-3-4-9-15(14)31-19(17)23-16(26)11-30-21-25-24-18(29-21)12-6-5-7-13(22)10-12/h5-7,10H,2-4,8-9,11H2,1H3,(H,23,26). The van der Waals surface area contributed by atoms with Crippen LogP contribution in [0, 0.1) is 0 Å². The molecule has 0 saturated carbocycles. The van der Waals surface area contributed by atoms with Gasteiger partial charge in [0.25, 0.3) is 5.22 Å². The molecule has 4 rings (SSSR count). The van der Waals surface area contributed by atoms with Crippen LogP contribution in [0.1, 0.15) is 40.6 Å². The molecule has 1 N–H and O–H groups in total. The number of halogens is 1. The highest BCUT2D eigenvalue weighted by Gasteiger charge is 2.27. The van der Waals surface area contributed by atoms with Crippen molar-refractivity contribution in [1.82, 2.24) is 10.2 Å². The number of thiophene rings is 1. The molecule has 0 spiro atoms. The molecule has 0 saturated heterocycles. The molecular formula is C21H20BrN3O4S2. The number of nitrogens with zero attached hydrogens (tertiary/aromatic N) is 2. The van der Waals surface area contributed by atoms with Crippen molar-refractivity contribution in [2.75, 3.05) is 17.7 Å². The molecule has 3 aromatic rings. The van der Waals surface area contributed by atoms with Crippen LogP contribution in [0.25, 0.3) is 11.5 Å². The van der Waals surface area contributed by atoms with Crippen LogP contribution >= 0.6 is 39.0 Å². The summed E-state index contributed by atoms with van der Waals surface area (Å²) in [4.78, 5) is 26.3. The number of carbonyl (C=O) groups is 2. The highest BCUT2D eigenvalue weighted by Crippen LogP contribution is 2.38. The van der Waals surface area contributed by atoms with E-state index in [9.17, 15) is 9.59 Å². The maximum atomic E-state index is 12.6. The van der Waals surface area contributed by atoms with Crippen LogP contribution in [0.4, 0.5) is 5.00 Å². The monoisotopic (exact) mass is 521 g/mol. The van der Waals surface area contributed by atoms with Crippen LogP contribution < -0.4 is 5.32 Å². The zero-order valence-electron chi connectivity index (χ0n) is 16.8. The largest absolute Gasteiger partial charge is 0.462 e. The van der Waals surface area contributed by atoms with Crippen molar-refractivity contribution in [3.8, 4) is 11.5 Å². The zero-order valence-corrected chi connectivity index (χ0v) is 20.0. The molecular weight excluding hydrogens is 502 g/mol. The fourth-order valence-corrected chi connectivity index (χ4v) is 5.63. The van der Waals surface area contributed by atoms with Crippen LogP contribution in [0.3, 0.4) is 0 Å². The molecule has 0 radical (unpaired) electrons. The average molecular weight is 522 g/mol. The predicted octanol–water partition coefficient (Wildman–Crippen LogP) is 5.35. The number of benzene rings is 1. The number of aromatic nitrogens is 2. The quantitative estimate of drug-likeness (QED) is 0.330. The first-order chi connectivity index (χ1) is 15.0. The molecule has 31 heavy (non-hydrogen) atoms. The summed E-state index contributed by atoms with van der Waals surface area (Å²) in [5.41, 5.74) is 2.32. The van der Waals surface area contributed by atoms with Crippen LogP contribution in [0.15, 0.2) is 38.4 Å². The van der Waals surface area contributed by atoms with Crippen LogP contribution in [0.5, 0.6) is 0 Å². The van der Waals surface area contributed by atoms with Crippen molar-refractivity contribution in [2.45, 2.75) is 37.8 Å². The second kappa shape index (κ2) is 9.97. The molecule has 2 aromatic heterocycles. The second-order valence-electron chi connectivity index (χ2n) is 6.86. The van der Waals surface area contributed by atoms with Gasteiger partial charge in [0.15, 0.2) is 0 Å². The van der Waals surface area contributed by atoms with Crippen molar-refractivity contribution in [3.05, 3.63) is 44.7 Å². The molecule has 7 nitrogen and oxygen atoms in total. The zero-order chi connectivity index (χ0) is 21.8. The Morgan fingerprint density at radius 3 is 2.94 bits per heavy atom. The van der Waals surface area contributed by atoms with Crippen LogP contribution in [-0.4, -0.2) is 34.4 Å². The van der Waals surface area contributed by atoms with Crippen LogP contribution in [-0.2, 0) is 22.4 Å². The van der Waals surface area contributed by atoms with E-state index in [1.54, 1.807) is 6.92 Å². The van der Waals surface area contributed by atoms with Crippen molar-refractivity contribution in [2.24, 2.45) is 0 Å². The average Bonchev–Trinajstić information content (AvgIpc) is 3.37. The third kappa shape index (κ3) is 5.19. The first kappa shape index (κ1) is 22.0. The lowest BCUT2D eigenvalue weighted by atomic mass is 9.95. The van der Waals surface area contributed by atoms with Crippen molar-refractivity contribution in [1.29, 1.82) is 0 Å². The summed E-state index contributed by atoms with van der Waals surface area (Å²) in [7, 11) is 0. The molecule has 162 valence electrons. The number of thioether (sulfide) groups is 1. The molecule has 1 aliphatic rings. The third-order valence-electron chi connectivity index (χ3n) is 4.71. The molecule has 0 unspecified atom stereocenters. The Morgan fingerprint density at radius 1 is 1.29 bits per heavy atom. The van der Waals surface area contributed by atoms with Crippen molar-refractivity contribution < 1.29 is 18.7 Å². The first-order valence-electron chi connectivity index (χ1n) is 9.89. The number of rotatable bonds is 7. The lowest BCUT2D eigenvalue weighted by Crippen LogP contribution is -2.17. The van der Waals surface area contributed by atoms with E-state index < -0.39 is 0 Å². The third-order valence-corrected chi connectivity index (χ3v) is 7.23. The number of hydrogen-bond donors (Lipinski definition) is 1. The topological polar surface area (TPSA) is 94.3 Å². The molecule has 1 aliphatic carbocycles. The van der Waals surface area contributed by atoms with E-state index in [1.165, 1.54) is 11.3 Å². The number of anilines is 1. The highest BCUT2D eigenvalue weighted by atomic mass is 79.9. The SMILES string of the molecule is CCOC(=O)c1c(NC(=O)CSc2nnc(-c3cccc(Br)c3)o2)sc2c1CCCC2. The van der Waals surface area contributed by atoms with E-state index >= 15 is 0 Å². The van der Waals surface area contributed by atoms with E-state index in [2.05, 4.69) is 31.4 Å². The van der Waals surface area contributed by atoms with E-state index in [0.29, 0.717) is 28.3 Å². The summed E-state index contributed by atoms with van der Waals surface area (Å²) in [5.74, 6) is -0.137. The molecule has 1 amide bonds. The number of nitrogens with one attached hydrogen (secondary N) is 1. The van der Waals surface area contributed by atoms with Crippen molar-refractivity contribution >= 4 is 55.9 Å². The van der Waals surface area contributed by atoms with Crippen molar-refractivity contribution in [3.63, 3.8) is 0 Å². The summed E-state index contributed by atoms with van der Waals surface area (Å²) in [6, 6.07) is 7.54. The summed E-state index contributed by atoms with van der Waals surface area (Å²) >= 11 is 6.04. The number of fused-ring (bicyclic) bond motifs is 1. The summed E-state index contributed by atoms with van der Waals surface area (Å²) < 4.78 is 11.8. The Morgan fingerprint density at radius 2 is 2.13 bits per heavy atom. The Kier molecular flexibility index (Phi) is 7.09. The Labute approximate surface area is 196 Å². The molecule has 1 aromatic carbocycles. The van der Waals surface area contributed by atoms with Gasteiger partial charge in [-0.3, -0.25) is 4.79 Å². The van der Waals surface area contributed by atoms with Gasteiger partial charge >= 0.3 is 5.97 Å². The molecule has 0 atom stereocenters. The van der Waals surface area contributed by atoms with E-state index in [4.69, 9.17) is 9.15 Å². The minimum Gasteiger partial charge on any atom is -0.462 e. The number of hydrogen-bond acceptors (Lipinski definition) is 8. The molecule has 0 aliphatic heterocycles. The number of ether oxygens (including phenoxy) is 1. The fraction of sp³-hybridized carbons (Fsp3) is 0.333. The Balaban J connectivity index is 1.43. The van der Waals surface area contributed by atoms with Gasteiger partial charge in [0.2, 0.25) is 11.8 Å². The lowest BCUT2D eigenvalue weighted by Gasteiger charge is -2.12. The van der Waals surface area contributed by atoms with Gasteiger partial charge < -0.3 is 14.5 Å². The number of carbonyl (C=O) groups excluding carboxylic acids is 2. The molecule has 10 heteroatoms. The van der Waals surface area contributed by atoms with Gasteiger partial charge in [-0.1, -0.05) is 33.8 Å². The molecule has 0 fully saturated rings. The first-order valence-corrected chi connectivity index (χ1v) is 12.5. The summed E-state index contributed by atoms with van der Waals surface area (Å²) in [6.07, 6.45) is 3.90. The minimum absolute atomic E-state index is 0.0882. The van der Waals surface area contributed by atoms with Gasteiger partial charge in [-0.15, -0.1) is 21.5 Å². The van der Waals surface area contributed by atoms with Gasteiger partial charge in [-0.05, 0) is 56.4 Å². The molecule has 2 heterocycles. The Bertz CT molecular complexity index is 1110. The number of esters is 1. The van der Waals surface area contributed by atoms with Gasteiger partial charge in [0.05, 0.1) is 17.9 Å². The van der Waals surface area contributed by atoms with E-state index in [0.717, 1.165) is 57.9 Å². The fourth-order valence-electron chi connectivity index (χ4n) is 3.37. The maximum absolute atomic E-state index is 12.6. The van der Waals surface area contributed by atoms with Gasteiger partial charge in [0.1, 0.15) is 5.00 Å². The normalized spacial score (nSPS) is 13.0. The minimum atomic E-state index is -0.375. The van der Waals surface area contributed by atoms with Gasteiger partial charge in [0, 0.05) is 14.9 Å². The molecule has 0 bridgehead atoms. The smallest absolute Gasteiger partial charge is 0.341 e. The highest BCUT2D eigenvalue weighted by molar-refractivity contribution is 9.10. The van der Waals surface area contributed by atoms with E-state index in [1.807, 2.05) is 24.3 Å². The van der Waals surface area contributed by atoms with E-state index in [-0.39, 0.29) is 17.6 Å². The second-order valence-corrected chi connectivity index (χ2v) is 9.80. The van der Waals surface area contributed by atoms with Gasteiger partial charge in [-0.2, -0.15) is 0 Å². The number of amides is 1. The summed E-state index contributed by atoms with van der Waals surface area (Å²) in [6.45, 7) is 2.07.